The zero-order chi connectivity index (χ0) is 16.1. The van der Waals surface area contributed by atoms with Crippen molar-refractivity contribution in [2.75, 3.05) is 10.6 Å². The van der Waals surface area contributed by atoms with Gasteiger partial charge < -0.3 is 10.6 Å². The van der Waals surface area contributed by atoms with Gasteiger partial charge in [0.15, 0.2) is 0 Å². The smallest absolute Gasteiger partial charge is 0.0470 e. The van der Waals surface area contributed by atoms with Crippen LogP contribution in [0.25, 0.3) is 0 Å². The van der Waals surface area contributed by atoms with E-state index >= 15 is 0 Å². The van der Waals surface area contributed by atoms with Crippen LogP contribution in [0.15, 0.2) is 72.8 Å². The molecule has 0 saturated carbocycles. The van der Waals surface area contributed by atoms with E-state index in [9.17, 15) is 0 Å². The molecule has 2 nitrogen and oxygen atoms in total. The molecule has 3 aromatic rings. The van der Waals surface area contributed by atoms with Crippen LogP contribution < -0.4 is 10.6 Å². The molecular formula is C19H16Cl2N2. The van der Waals surface area contributed by atoms with Crippen LogP contribution in [0, 0.1) is 0 Å². The summed E-state index contributed by atoms with van der Waals surface area (Å²) in [5.74, 6) is 0. The molecule has 0 spiro atoms. The monoisotopic (exact) mass is 342 g/mol. The minimum absolute atomic E-state index is 0.648. The zero-order valence-electron chi connectivity index (χ0n) is 12.4. The maximum Gasteiger partial charge on any atom is 0.0470 e. The third kappa shape index (κ3) is 4.41. The number of hydrogen-bond donors (Lipinski definition) is 2. The second-order valence-corrected chi connectivity index (χ2v) is 6.00. The van der Waals surface area contributed by atoms with Gasteiger partial charge in [-0.3, -0.25) is 0 Å². The number of nitrogens with one attached hydrogen (secondary N) is 2. The minimum Gasteiger partial charge on any atom is -0.381 e. The predicted octanol–water partition coefficient (Wildman–Crippen LogP) is 6.35. The lowest BCUT2D eigenvalue weighted by atomic mass is 10.2. The second-order valence-electron chi connectivity index (χ2n) is 5.16. The van der Waals surface area contributed by atoms with Crippen LogP contribution in [0.5, 0.6) is 0 Å². The van der Waals surface area contributed by atoms with Crippen LogP contribution in [0.1, 0.15) is 5.56 Å². The second kappa shape index (κ2) is 7.40. The summed E-state index contributed by atoms with van der Waals surface area (Å²) in [5, 5.41) is 8.04. The Labute approximate surface area is 146 Å². The molecular weight excluding hydrogens is 327 g/mol. The molecule has 0 aromatic heterocycles. The first-order valence-corrected chi connectivity index (χ1v) is 8.06. The van der Waals surface area contributed by atoms with Crippen molar-refractivity contribution >= 4 is 40.3 Å². The van der Waals surface area contributed by atoms with E-state index in [1.54, 1.807) is 6.07 Å². The molecule has 0 saturated heterocycles. The Morgan fingerprint density at radius 1 is 0.696 bits per heavy atom. The molecule has 2 N–H and O–H groups in total. The number of halogens is 2. The lowest BCUT2D eigenvalue weighted by Crippen LogP contribution is -2.00. The summed E-state index contributed by atoms with van der Waals surface area (Å²) in [7, 11) is 0. The zero-order valence-corrected chi connectivity index (χ0v) is 13.9. The van der Waals surface area contributed by atoms with E-state index in [1.807, 2.05) is 66.7 Å². The van der Waals surface area contributed by atoms with Gasteiger partial charge in [0.2, 0.25) is 0 Å². The number of hydrogen-bond acceptors (Lipinski definition) is 2. The summed E-state index contributed by atoms with van der Waals surface area (Å²) in [6.07, 6.45) is 0. The highest BCUT2D eigenvalue weighted by Gasteiger charge is 2.01. The van der Waals surface area contributed by atoms with Gasteiger partial charge in [-0.2, -0.15) is 0 Å². The van der Waals surface area contributed by atoms with E-state index in [2.05, 4.69) is 10.6 Å². The summed E-state index contributed by atoms with van der Waals surface area (Å²) in [4.78, 5) is 0. The number of para-hydroxylation sites is 1. The molecule has 0 atom stereocenters. The van der Waals surface area contributed by atoms with Crippen molar-refractivity contribution < 1.29 is 0 Å². The molecule has 3 aromatic carbocycles. The topological polar surface area (TPSA) is 24.1 Å². The minimum atomic E-state index is 0.648. The third-order valence-electron chi connectivity index (χ3n) is 3.45. The molecule has 4 heteroatoms. The van der Waals surface area contributed by atoms with Gasteiger partial charge in [-0.1, -0.05) is 47.5 Å². The SMILES string of the molecule is Clc1ccc(CNc2ccc(Nc3ccccc3)cc2)c(Cl)c1. The van der Waals surface area contributed by atoms with Crippen molar-refractivity contribution in [3.05, 3.63) is 88.4 Å². The van der Waals surface area contributed by atoms with Crippen molar-refractivity contribution in [2.24, 2.45) is 0 Å². The highest BCUT2D eigenvalue weighted by molar-refractivity contribution is 6.35. The van der Waals surface area contributed by atoms with Crippen molar-refractivity contribution in [1.29, 1.82) is 0 Å². The maximum atomic E-state index is 6.18. The Bertz CT molecular complexity index is 771. The average molecular weight is 343 g/mol. The van der Waals surface area contributed by atoms with Crippen molar-refractivity contribution in [2.45, 2.75) is 6.54 Å². The van der Waals surface area contributed by atoms with E-state index in [-0.39, 0.29) is 0 Å². The first-order chi connectivity index (χ1) is 11.2. The highest BCUT2D eigenvalue weighted by atomic mass is 35.5. The van der Waals surface area contributed by atoms with Gasteiger partial charge in [0.25, 0.3) is 0 Å². The third-order valence-corrected chi connectivity index (χ3v) is 4.03. The van der Waals surface area contributed by atoms with Crippen LogP contribution in [0.4, 0.5) is 17.1 Å². The molecule has 0 unspecified atom stereocenters. The van der Waals surface area contributed by atoms with E-state index in [1.165, 1.54) is 0 Å². The molecule has 0 aliphatic rings. The number of anilines is 3. The van der Waals surface area contributed by atoms with Gasteiger partial charge in [0.05, 0.1) is 0 Å². The number of benzene rings is 3. The average Bonchev–Trinajstić information content (AvgIpc) is 2.56. The molecule has 116 valence electrons. The fourth-order valence-corrected chi connectivity index (χ4v) is 2.70. The van der Waals surface area contributed by atoms with Gasteiger partial charge in [-0.25, -0.2) is 0 Å². The lowest BCUT2D eigenvalue weighted by Gasteiger charge is -2.10. The molecule has 23 heavy (non-hydrogen) atoms. The van der Waals surface area contributed by atoms with E-state index < -0.39 is 0 Å². The quantitative estimate of drug-likeness (QED) is 0.564. The molecule has 0 fully saturated rings. The fraction of sp³-hybridized carbons (Fsp3) is 0.0526. The van der Waals surface area contributed by atoms with Crippen molar-refractivity contribution in [1.82, 2.24) is 0 Å². The molecule has 0 aliphatic carbocycles. The van der Waals surface area contributed by atoms with Crippen LogP contribution in [-0.4, -0.2) is 0 Å². The Balaban J connectivity index is 1.61. The highest BCUT2D eigenvalue weighted by Crippen LogP contribution is 2.23. The van der Waals surface area contributed by atoms with Gasteiger partial charge in [0.1, 0.15) is 0 Å². The van der Waals surface area contributed by atoms with Gasteiger partial charge in [-0.05, 0) is 54.1 Å². The van der Waals surface area contributed by atoms with Crippen molar-refractivity contribution in [3.8, 4) is 0 Å². The first-order valence-electron chi connectivity index (χ1n) is 7.31. The summed E-state index contributed by atoms with van der Waals surface area (Å²) in [6, 6.07) is 23.8. The normalized spacial score (nSPS) is 10.3. The van der Waals surface area contributed by atoms with E-state index in [0.29, 0.717) is 16.6 Å². The van der Waals surface area contributed by atoms with Gasteiger partial charge >= 0.3 is 0 Å². The molecule has 0 amide bonds. The number of rotatable bonds is 5. The van der Waals surface area contributed by atoms with E-state index in [4.69, 9.17) is 23.2 Å². The Morgan fingerprint density at radius 2 is 1.35 bits per heavy atom. The first kappa shape index (κ1) is 15.7. The summed E-state index contributed by atoms with van der Waals surface area (Å²) >= 11 is 12.1. The maximum absolute atomic E-state index is 6.18. The summed E-state index contributed by atoms with van der Waals surface area (Å²) in [6.45, 7) is 0.654. The molecule has 0 heterocycles. The molecule has 0 bridgehead atoms. The molecule has 0 radical (unpaired) electrons. The Hall–Kier alpha value is -2.16. The van der Waals surface area contributed by atoms with Gasteiger partial charge in [0, 0.05) is 33.7 Å². The molecule has 0 aliphatic heterocycles. The van der Waals surface area contributed by atoms with Gasteiger partial charge in [-0.15, -0.1) is 0 Å². The van der Waals surface area contributed by atoms with Crippen LogP contribution >= 0.6 is 23.2 Å². The Kier molecular flexibility index (Phi) is 5.06. The largest absolute Gasteiger partial charge is 0.381 e. The van der Waals surface area contributed by atoms with E-state index in [0.717, 1.165) is 22.6 Å². The van der Waals surface area contributed by atoms with Crippen molar-refractivity contribution in [3.63, 3.8) is 0 Å². The fourth-order valence-electron chi connectivity index (χ4n) is 2.22. The van der Waals surface area contributed by atoms with Crippen LogP contribution in [0.2, 0.25) is 10.0 Å². The molecule has 3 rings (SSSR count). The van der Waals surface area contributed by atoms with Crippen LogP contribution in [0.3, 0.4) is 0 Å². The summed E-state index contributed by atoms with van der Waals surface area (Å²) in [5.41, 5.74) is 4.17. The summed E-state index contributed by atoms with van der Waals surface area (Å²) < 4.78 is 0. The predicted molar refractivity (Wildman–Crippen MR) is 100.0 cm³/mol. The Morgan fingerprint density at radius 3 is 2.04 bits per heavy atom. The van der Waals surface area contributed by atoms with Crippen LogP contribution in [-0.2, 0) is 6.54 Å². The standard InChI is InChI=1S/C19H16Cl2N2/c20-15-7-6-14(19(21)12-15)13-22-16-8-10-18(11-9-16)23-17-4-2-1-3-5-17/h1-12,22-23H,13H2. The lowest BCUT2D eigenvalue weighted by molar-refractivity contribution is 1.15.